The standard InChI is InChI=1S/C12H17BrN2O2/c13-11-8(6-7-17-11)12(16)15-10-5-3-1-2-4-9(10)14/h6-7,9-10H,1-5,14H2,(H,15,16). The molecular weight excluding hydrogens is 284 g/mol. The minimum atomic E-state index is -0.118. The molecule has 2 rings (SSSR count). The van der Waals surface area contributed by atoms with Crippen molar-refractivity contribution >= 4 is 21.8 Å². The van der Waals surface area contributed by atoms with Gasteiger partial charge in [0.1, 0.15) is 0 Å². The molecule has 1 amide bonds. The topological polar surface area (TPSA) is 68.3 Å². The summed E-state index contributed by atoms with van der Waals surface area (Å²) >= 11 is 3.20. The molecule has 0 aliphatic heterocycles. The SMILES string of the molecule is NC1CCCCCC1NC(=O)c1ccoc1Br. The lowest BCUT2D eigenvalue weighted by Gasteiger charge is -2.22. The summed E-state index contributed by atoms with van der Waals surface area (Å²) < 4.78 is 5.52. The van der Waals surface area contributed by atoms with E-state index in [-0.39, 0.29) is 18.0 Å². The first-order valence-corrected chi connectivity index (χ1v) is 6.77. The fraction of sp³-hybridized carbons (Fsp3) is 0.583. The molecule has 3 N–H and O–H groups in total. The fourth-order valence-corrected chi connectivity index (χ4v) is 2.64. The molecular formula is C12H17BrN2O2. The zero-order valence-electron chi connectivity index (χ0n) is 9.62. The maximum absolute atomic E-state index is 12.0. The predicted molar refractivity (Wildman–Crippen MR) is 68.7 cm³/mol. The van der Waals surface area contributed by atoms with Crippen LogP contribution in [0, 0.1) is 0 Å². The largest absolute Gasteiger partial charge is 0.457 e. The van der Waals surface area contributed by atoms with Gasteiger partial charge in [0.05, 0.1) is 11.8 Å². The normalized spacial score (nSPS) is 25.3. The number of hydrogen-bond acceptors (Lipinski definition) is 3. The number of furan rings is 1. The molecule has 2 unspecified atom stereocenters. The first-order chi connectivity index (χ1) is 8.18. The van der Waals surface area contributed by atoms with Gasteiger partial charge in [0, 0.05) is 12.1 Å². The molecule has 0 bridgehead atoms. The van der Waals surface area contributed by atoms with Crippen LogP contribution in [-0.4, -0.2) is 18.0 Å². The number of rotatable bonds is 2. The van der Waals surface area contributed by atoms with Crippen molar-refractivity contribution in [1.29, 1.82) is 0 Å². The maximum Gasteiger partial charge on any atom is 0.256 e. The Labute approximate surface area is 109 Å². The number of nitrogens with one attached hydrogen (secondary N) is 1. The van der Waals surface area contributed by atoms with E-state index in [0.29, 0.717) is 10.2 Å². The van der Waals surface area contributed by atoms with E-state index in [9.17, 15) is 4.79 Å². The van der Waals surface area contributed by atoms with Crippen LogP contribution in [0.5, 0.6) is 0 Å². The zero-order chi connectivity index (χ0) is 12.3. The van der Waals surface area contributed by atoms with Crippen LogP contribution in [0.15, 0.2) is 21.4 Å². The molecule has 0 spiro atoms. The van der Waals surface area contributed by atoms with Crippen molar-refractivity contribution in [3.63, 3.8) is 0 Å². The Balaban J connectivity index is 2.00. The van der Waals surface area contributed by atoms with Crippen molar-refractivity contribution in [2.24, 2.45) is 5.73 Å². The van der Waals surface area contributed by atoms with Crippen LogP contribution in [0.25, 0.3) is 0 Å². The second-order valence-corrected chi connectivity index (χ2v) is 5.21. The number of halogens is 1. The Bertz CT molecular complexity index is 392. The fourth-order valence-electron chi connectivity index (χ4n) is 2.22. The summed E-state index contributed by atoms with van der Waals surface area (Å²) in [7, 11) is 0. The van der Waals surface area contributed by atoms with Crippen molar-refractivity contribution in [1.82, 2.24) is 5.32 Å². The summed E-state index contributed by atoms with van der Waals surface area (Å²) in [5, 5.41) is 3.00. The molecule has 94 valence electrons. The summed E-state index contributed by atoms with van der Waals surface area (Å²) in [6.07, 6.45) is 6.93. The first-order valence-electron chi connectivity index (χ1n) is 5.98. The molecule has 1 aliphatic rings. The van der Waals surface area contributed by atoms with Gasteiger partial charge in [-0.25, -0.2) is 0 Å². The van der Waals surface area contributed by atoms with Gasteiger partial charge in [0.2, 0.25) is 0 Å². The third kappa shape index (κ3) is 3.10. The lowest BCUT2D eigenvalue weighted by Crippen LogP contribution is -2.46. The van der Waals surface area contributed by atoms with Crippen molar-refractivity contribution in [3.05, 3.63) is 22.6 Å². The third-order valence-corrected chi connectivity index (χ3v) is 3.86. The quantitative estimate of drug-likeness (QED) is 0.824. The van der Waals surface area contributed by atoms with Gasteiger partial charge in [-0.1, -0.05) is 19.3 Å². The number of amides is 1. The van der Waals surface area contributed by atoms with Crippen LogP contribution in [0.2, 0.25) is 0 Å². The highest BCUT2D eigenvalue weighted by Crippen LogP contribution is 2.20. The van der Waals surface area contributed by atoms with Crippen molar-refractivity contribution < 1.29 is 9.21 Å². The zero-order valence-corrected chi connectivity index (χ0v) is 11.2. The highest BCUT2D eigenvalue weighted by Gasteiger charge is 2.23. The van der Waals surface area contributed by atoms with E-state index in [1.165, 1.54) is 12.7 Å². The van der Waals surface area contributed by atoms with E-state index in [4.69, 9.17) is 10.2 Å². The van der Waals surface area contributed by atoms with E-state index in [1.807, 2.05) is 0 Å². The summed E-state index contributed by atoms with van der Waals surface area (Å²) in [6.45, 7) is 0. The van der Waals surface area contributed by atoms with Gasteiger partial charge in [0.25, 0.3) is 5.91 Å². The summed E-state index contributed by atoms with van der Waals surface area (Å²) in [6, 6.07) is 1.79. The van der Waals surface area contributed by atoms with Gasteiger partial charge >= 0.3 is 0 Å². The van der Waals surface area contributed by atoms with E-state index < -0.39 is 0 Å². The van der Waals surface area contributed by atoms with Gasteiger partial charge in [-0.15, -0.1) is 0 Å². The minimum Gasteiger partial charge on any atom is -0.457 e. The Hall–Kier alpha value is -0.810. The van der Waals surface area contributed by atoms with Crippen LogP contribution in [0.4, 0.5) is 0 Å². The molecule has 2 atom stereocenters. The summed E-state index contributed by atoms with van der Waals surface area (Å²) in [5.74, 6) is -0.118. The molecule has 4 nitrogen and oxygen atoms in total. The molecule has 0 radical (unpaired) electrons. The highest BCUT2D eigenvalue weighted by molar-refractivity contribution is 9.10. The Kier molecular flexibility index (Phi) is 4.23. The van der Waals surface area contributed by atoms with Crippen molar-refractivity contribution in [2.45, 2.75) is 44.2 Å². The molecule has 1 saturated carbocycles. The smallest absolute Gasteiger partial charge is 0.256 e. The summed E-state index contributed by atoms with van der Waals surface area (Å²) in [5.41, 5.74) is 6.60. The number of carbonyl (C=O) groups is 1. The minimum absolute atomic E-state index is 0.0622. The van der Waals surface area contributed by atoms with Gasteiger partial charge in [-0.2, -0.15) is 0 Å². The van der Waals surface area contributed by atoms with Gasteiger partial charge in [0.15, 0.2) is 4.67 Å². The first kappa shape index (κ1) is 12.6. The van der Waals surface area contributed by atoms with E-state index >= 15 is 0 Å². The molecule has 17 heavy (non-hydrogen) atoms. The average molecular weight is 301 g/mol. The number of hydrogen-bond donors (Lipinski definition) is 2. The van der Waals surface area contributed by atoms with Crippen LogP contribution in [-0.2, 0) is 0 Å². The van der Waals surface area contributed by atoms with Gasteiger partial charge < -0.3 is 15.5 Å². The number of carbonyl (C=O) groups excluding carboxylic acids is 1. The van der Waals surface area contributed by atoms with E-state index in [1.54, 1.807) is 6.07 Å². The predicted octanol–water partition coefficient (Wildman–Crippen LogP) is 2.43. The Morgan fingerprint density at radius 1 is 1.41 bits per heavy atom. The van der Waals surface area contributed by atoms with Crippen LogP contribution in [0.3, 0.4) is 0 Å². The molecule has 1 aromatic heterocycles. The van der Waals surface area contributed by atoms with Gasteiger partial charge in [-0.05, 0) is 34.8 Å². The second-order valence-electron chi connectivity index (χ2n) is 4.49. The molecule has 1 aromatic rings. The molecule has 1 aliphatic carbocycles. The number of nitrogens with two attached hydrogens (primary N) is 1. The Morgan fingerprint density at radius 3 is 2.88 bits per heavy atom. The van der Waals surface area contributed by atoms with E-state index in [2.05, 4.69) is 21.2 Å². The van der Waals surface area contributed by atoms with E-state index in [0.717, 1.165) is 25.7 Å². The second kappa shape index (κ2) is 5.69. The molecule has 1 heterocycles. The lowest BCUT2D eigenvalue weighted by atomic mass is 10.0. The van der Waals surface area contributed by atoms with Crippen molar-refractivity contribution in [2.75, 3.05) is 0 Å². The van der Waals surface area contributed by atoms with Crippen LogP contribution in [0.1, 0.15) is 42.5 Å². The highest BCUT2D eigenvalue weighted by atomic mass is 79.9. The third-order valence-electron chi connectivity index (χ3n) is 3.25. The molecule has 1 fully saturated rings. The molecule has 0 aromatic carbocycles. The molecule has 0 saturated heterocycles. The monoisotopic (exact) mass is 300 g/mol. The summed E-state index contributed by atoms with van der Waals surface area (Å²) in [4.78, 5) is 12.0. The van der Waals surface area contributed by atoms with Crippen LogP contribution >= 0.6 is 15.9 Å². The average Bonchev–Trinajstić information content (AvgIpc) is 2.63. The lowest BCUT2D eigenvalue weighted by molar-refractivity contribution is 0.0927. The van der Waals surface area contributed by atoms with Crippen molar-refractivity contribution in [3.8, 4) is 0 Å². The maximum atomic E-state index is 12.0. The van der Waals surface area contributed by atoms with Gasteiger partial charge in [-0.3, -0.25) is 4.79 Å². The Morgan fingerprint density at radius 2 is 2.18 bits per heavy atom. The van der Waals surface area contributed by atoms with Crippen LogP contribution < -0.4 is 11.1 Å². The molecule has 5 heteroatoms.